The quantitative estimate of drug-likeness (QED) is 0.377. The lowest BCUT2D eigenvalue weighted by Crippen LogP contribution is -2.31. The molecule has 0 aromatic heterocycles. The van der Waals surface area contributed by atoms with Crippen LogP contribution in [0.5, 0.6) is 0 Å². The molecule has 2 amide bonds. The molecule has 0 unspecified atom stereocenters. The lowest BCUT2D eigenvalue weighted by Gasteiger charge is -2.19. The Hall–Kier alpha value is -2.97. The van der Waals surface area contributed by atoms with Gasteiger partial charge in [0.1, 0.15) is 0 Å². The molecular weight excluding hydrogens is 450 g/mol. The second kappa shape index (κ2) is 11.9. The third-order valence-electron chi connectivity index (χ3n) is 5.48. The van der Waals surface area contributed by atoms with Crippen LogP contribution in [0.3, 0.4) is 0 Å². The van der Waals surface area contributed by atoms with Gasteiger partial charge in [-0.15, -0.1) is 0 Å². The largest absolute Gasteiger partial charge is 0.353 e. The number of rotatable bonds is 11. The summed E-state index contributed by atoms with van der Waals surface area (Å²) in [7, 11) is -2.20. The first-order chi connectivity index (χ1) is 15.9. The number of benzene rings is 2. The summed E-state index contributed by atoms with van der Waals surface area (Å²) in [5.41, 5.74) is 2.91. The highest BCUT2D eigenvalue weighted by Crippen LogP contribution is 2.22. The summed E-state index contributed by atoms with van der Waals surface area (Å²) in [6.07, 6.45) is 2.35. The summed E-state index contributed by atoms with van der Waals surface area (Å²) in [4.78, 5) is 23.7. The molecule has 184 valence electrons. The van der Waals surface area contributed by atoms with E-state index in [1.165, 1.54) is 47.3 Å². The van der Waals surface area contributed by atoms with E-state index in [2.05, 4.69) is 62.2 Å². The maximum absolute atomic E-state index is 12.7. The zero-order valence-electron chi connectivity index (χ0n) is 20.4. The molecule has 34 heavy (non-hydrogen) atoms. The molecule has 0 aliphatic heterocycles. The molecule has 0 fully saturated rings. The molecule has 0 heterocycles. The van der Waals surface area contributed by atoms with E-state index < -0.39 is 10.0 Å². The highest BCUT2D eigenvalue weighted by molar-refractivity contribution is 7.89. The minimum absolute atomic E-state index is 0.101. The SMILES string of the molecule is C=CC(=O)NCCCN(C)S(=O)(=O)c1ccc(C(=O)NCCc2ccc(C(C)(C)C)cc2)cc1. The topological polar surface area (TPSA) is 95.6 Å². The van der Waals surface area contributed by atoms with Crippen molar-refractivity contribution in [1.82, 2.24) is 14.9 Å². The number of carbonyl (C=O) groups excluding carboxylic acids is 2. The molecule has 2 aromatic rings. The van der Waals surface area contributed by atoms with Crippen LogP contribution in [0.25, 0.3) is 0 Å². The number of amides is 2. The van der Waals surface area contributed by atoms with Gasteiger partial charge in [0.25, 0.3) is 5.91 Å². The molecule has 7 nitrogen and oxygen atoms in total. The summed E-state index contributed by atoms with van der Waals surface area (Å²) in [6, 6.07) is 14.3. The van der Waals surface area contributed by atoms with Gasteiger partial charge in [0.05, 0.1) is 4.90 Å². The third kappa shape index (κ3) is 7.81. The summed E-state index contributed by atoms with van der Waals surface area (Å²) >= 11 is 0. The predicted octanol–water partition coefficient (Wildman–Crippen LogP) is 3.27. The van der Waals surface area contributed by atoms with E-state index >= 15 is 0 Å². The van der Waals surface area contributed by atoms with Gasteiger partial charge in [-0.1, -0.05) is 51.6 Å². The Balaban J connectivity index is 1.87. The Kier molecular flexibility index (Phi) is 9.58. The van der Waals surface area contributed by atoms with Crippen LogP contribution in [0.2, 0.25) is 0 Å². The first-order valence-corrected chi connectivity index (χ1v) is 12.7. The van der Waals surface area contributed by atoms with E-state index in [4.69, 9.17) is 0 Å². The first kappa shape index (κ1) is 27.3. The van der Waals surface area contributed by atoms with Gasteiger partial charge in [0.15, 0.2) is 0 Å². The zero-order valence-corrected chi connectivity index (χ0v) is 21.2. The minimum Gasteiger partial charge on any atom is -0.353 e. The molecule has 0 spiro atoms. The summed E-state index contributed by atoms with van der Waals surface area (Å²) in [5.74, 6) is -0.542. The van der Waals surface area contributed by atoms with Crippen LogP contribution in [0.1, 0.15) is 48.7 Å². The van der Waals surface area contributed by atoms with Crippen molar-refractivity contribution in [3.8, 4) is 0 Å². The lowest BCUT2D eigenvalue weighted by atomic mass is 9.86. The van der Waals surface area contributed by atoms with Crippen molar-refractivity contribution in [2.24, 2.45) is 0 Å². The van der Waals surface area contributed by atoms with Gasteiger partial charge in [-0.05, 0) is 59.7 Å². The molecule has 8 heteroatoms. The highest BCUT2D eigenvalue weighted by atomic mass is 32.2. The van der Waals surface area contributed by atoms with Crippen LogP contribution < -0.4 is 10.6 Å². The number of sulfonamides is 1. The van der Waals surface area contributed by atoms with E-state index in [1.54, 1.807) is 0 Å². The molecule has 0 radical (unpaired) electrons. The standard InChI is InChI=1S/C26H35N3O4S/c1-6-24(30)27-17-7-19-29(5)34(32,33)23-14-10-21(11-15-23)25(31)28-18-16-20-8-12-22(13-9-20)26(2,3)4/h6,8-15H,1,7,16-19H2,2-5H3,(H,27,30)(H,28,31). The van der Waals surface area contributed by atoms with Crippen LogP contribution >= 0.6 is 0 Å². The number of nitrogens with zero attached hydrogens (tertiary/aromatic N) is 1. The van der Waals surface area contributed by atoms with Gasteiger partial charge in [0, 0.05) is 32.2 Å². The van der Waals surface area contributed by atoms with Crippen LogP contribution in [-0.4, -0.2) is 51.2 Å². The van der Waals surface area contributed by atoms with Crippen LogP contribution in [0.15, 0.2) is 66.1 Å². The van der Waals surface area contributed by atoms with Gasteiger partial charge in [0.2, 0.25) is 15.9 Å². The normalized spacial score (nSPS) is 11.8. The Bertz CT molecular complexity index is 1090. The van der Waals surface area contributed by atoms with E-state index in [0.717, 1.165) is 5.56 Å². The van der Waals surface area contributed by atoms with Gasteiger partial charge < -0.3 is 10.6 Å². The molecule has 0 aliphatic carbocycles. The van der Waals surface area contributed by atoms with E-state index in [-0.39, 0.29) is 28.7 Å². The minimum atomic E-state index is -3.69. The molecule has 0 saturated carbocycles. The second-order valence-electron chi connectivity index (χ2n) is 9.15. The van der Waals surface area contributed by atoms with Crippen LogP contribution in [0, 0.1) is 0 Å². The van der Waals surface area contributed by atoms with Crippen molar-refractivity contribution in [3.05, 3.63) is 77.9 Å². The van der Waals surface area contributed by atoms with Gasteiger partial charge in [-0.3, -0.25) is 9.59 Å². The van der Waals surface area contributed by atoms with Crippen molar-refractivity contribution < 1.29 is 18.0 Å². The molecule has 0 aliphatic rings. The number of hydrogen-bond donors (Lipinski definition) is 2. The lowest BCUT2D eigenvalue weighted by molar-refractivity contribution is -0.116. The Morgan fingerprint density at radius 2 is 1.59 bits per heavy atom. The molecule has 2 N–H and O–H groups in total. The van der Waals surface area contributed by atoms with E-state index in [1.807, 2.05) is 0 Å². The molecule has 2 aromatic carbocycles. The summed E-state index contributed by atoms with van der Waals surface area (Å²) in [5, 5.41) is 5.49. The fourth-order valence-corrected chi connectivity index (χ4v) is 4.47. The number of carbonyl (C=O) groups is 2. The first-order valence-electron chi connectivity index (χ1n) is 11.3. The summed E-state index contributed by atoms with van der Waals surface area (Å²) < 4.78 is 26.7. The molecule has 2 rings (SSSR count). The average molecular weight is 486 g/mol. The fourth-order valence-electron chi connectivity index (χ4n) is 3.26. The van der Waals surface area contributed by atoms with E-state index in [0.29, 0.717) is 31.5 Å². The monoisotopic (exact) mass is 485 g/mol. The highest BCUT2D eigenvalue weighted by Gasteiger charge is 2.20. The predicted molar refractivity (Wildman–Crippen MR) is 135 cm³/mol. The van der Waals surface area contributed by atoms with Crippen molar-refractivity contribution in [2.75, 3.05) is 26.7 Å². The van der Waals surface area contributed by atoms with Crippen molar-refractivity contribution in [1.29, 1.82) is 0 Å². The maximum atomic E-state index is 12.7. The summed E-state index contributed by atoms with van der Waals surface area (Å²) in [6.45, 7) is 11.0. The van der Waals surface area contributed by atoms with Crippen molar-refractivity contribution in [3.63, 3.8) is 0 Å². The Morgan fingerprint density at radius 3 is 2.15 bits per heavy atom. The molecule has 0 bridgehead atoms. The molecular formula is C26H35N3O4S. The molecule has 0 atom stereocenters. The smallest absolute Gasteiger partial charge is 0.251 e. The van der Waals surface area contributed by atoms with Crippen LogP contribution in [-0.2, 0) is 26.7 Å². The van der Waals surface area contributed by atoms with Crippen molar-refractivity contribution >= 4 is 21.8 Å². The van der Waals surface area contributed by atoms with Gasteiger partial charge in [-0.25, -0.2) is 12.7 Å². The van der Waals surface area contributed by atoms with E-state index in [9.17, 15) is 18.0 Å². The van der Waals surface area contributed by atoms with Crippen molar-refractivity contribution in [2.45, 2.75) is 43.9 Å². The van der Waals surface area contributed by atoms with Gasteiger partial charge in [-0.2, -0.15) is 0 Å². The molecule has 0 saturated heterocycles. The Labute approximate surface area is 203 Å². The number of nitrogens with one attached hydrogen (secondary N) is 2. The van der Waals surface area contributed by atoms with Crippen LogP contribution in [0.4, 0.5) is 0 Å². The zero-order chi connectivity index (χ0) is 25.4. The third-order valence-corrected chi connectivity index (χ3v) is 7.35. The average Bonchev–Trinajstić information content (AvgIpc) is 2.81. The number of hydrogen-bond acceptors (Lipinski definition) is 4. The maximum Gasteiger partial charge on any atom is 0.251 e. The van der Waals surface area contributed by atoms with Gasteiger partial charge >= 0.3 is 0 Å². The second-order valence-corrected chi connectivity index (χ2v) is 11.2. The fraction of sp³-hybridized carbons (Fsp3) is 0.385. The Morgan fingerprint density at radius 1 is 0.971 bits per heavy atom.